The van der Waals surface area contributed by atoms with Gasteiger partial charge in [-0.05, 0) is 18.6 Å². The number of phenolic OH excluding ortho intramolecular Hbond substituents is 1. The van der Waals surface area contributed by atoms with E-state index in [-0.39, 0.29) is 35.4 Å². The van der Waals surface area contributed by atoms with Crippen LogP contribution in [0, 0.1) is 6.92 Å². The summed E-state index contributed by atoms with van der Waals surface area (Å²) in [6.07, 6.45) is -0.0923. The van der Waals surface area contributed by atoms with Crippen molar-refractivity contribution >= 4 is 29.0 Å². The molecule has 84 valence electrons. The molecule has 1 aliphatic heterocycles. The number of ketones is 1. The van der Waals surface area contributed by atoms with E-state index in [1.54, 1.807) is 19.1 Å². The van der Waals surface area contributed by atoms with Crippen molar-refractivity contribution in [3.8, 4) is 5.75 Å². The van der Waals surface area contributed by atoms with E-state index in [4.69, 9.17) is 11.6 Å². The first-order chi connectivity index (χ1) is 7.50. The summed E-state index contributed by atoms with van der Waals surface area (Å²) in [5.74, 6) is -0.470. The lowest BCUT2D eigenvalue weighted by Crippen LogP contribution is -2.24. The van der Waals surface area contributed by atoms with E-state index >= 15 is 0 Å². The molecule has 0 aliphatic carbocycles. The van der Waals surface area contributed by atoms with Gasteiger partial charge in [0.05, 0.1) is 18.7 Å². The zero-order valence-corrected chi connectivity index (χ0v) is 9.41. The summed E-state index contributed by atoms with van der Waals surface area (Å²) in [7, 11) is 0. The Hall–Kier alpha value is -1.55. The number of amides is 1. The third-order valence-corrected chi connectivity index (χ3v) is 2.94. The van der Waals surface area contributed by atoms with Crippen molar-refractivity contribution in [2.24, 2.45) is 0 Å². The largest absolute Gasteiger partial charge is 0.506 e. The summed E-state index contributed by atoms with van der Waals surface area (Å²) in [6, 6.07) is 3.29. The fraction of sp³-hybridized carbons (Fsp3) is 0.273. The number of aromatic hydroxyl groups is 1. The minimum Gasteiger partial charge on any atom is -0.506 e. The van der Waals surface area contributed by atoms with Crippen LogP contribution < -0.4 is 4.90 Å². The first kappa shape index (κ1) is 11.0. The Balaban J connectivity index is 2.45. The lowest BCUT2D eigenvalue weighted by atomic mass is 10.2. The van der Waals surface area contributed by atoms with Crippen LogP contribution in [0.15, 0.2) is 12.1 Å². The van der Waals surface area contributed by atoms with Gasteiger partial charge in [-0.2, -0.15) is 0 Å². The van der Waals surface area contributed by atoms with Crippen LogP contribution in [-0.4, -0.2) is 23.3 Å². The Morgan fingerprint density at radius 3 is 2.62 bits per heavy atom. The molecular formula is C11H10ClNO3. The first-order valence-corrected chi connectivity index (χ1v) is 5.18. The van der Waals surface area contributed by atoms with Crippen LogP contribution in [0.4, 0.5) is 5.69 Å². The highest BCUT2D eigenvalue weighted by Gasteiger charge is 2.30. The molecule has 0 atom stereocenters. The van der Waals surface area contributed by atoms with Crippen LogP contribution in [0.2, 0.25) is 5.02 Å². The number of rotatable bonds is 1. The van der Waals surface area contributed by atoms with Crippen LogP contribution in [-0.2, 0) is 9.59 Å². The monoisotopic (exact) mass is 239 g/mol. The number of anilines is 1. The van der Waals surface area contributed by atoms with Crippen molar-refractivity contribution in [1.29, 1.82) is 0 Å². The molecule has 4 nitrogen and oxygen atoms in total. The van der Waals surface area contributed by atoms with Gasteiger partial charge in [-0.15, -0.1) is 0 Å². The molecule has 0 spiro atoms. The van der Waals surface area contributed by atoms with Crippen LogP contribution in [0.25, 0.3) is 0 Å². The summed E-state index contributed by atoms with van der Waals surface area (Å²) in [6.45, 7) is 1.74. The molecule has 1 aromatic carbocycles. The Bertz CT molecular complexity index is 484. The maximum absolute atomic E-state index is 11.5. The molecule has 0 bridgehead atoms. The van der Waals surface area contributed by atoms with E-state index in [1.807, 2.05) is 0 Å². The number of hydrogen-bond acceptors (Lipinski definition) is 3. The Kier molecular flexibility index (Phi) is 2.59. The second kappa shape index (κ2) is 3.79. The minimum atomic E-state index is -0.282. The van der Waals surface area contributed by atoms with Crippen molar-refractivity contribution in [2.45, 2.75) is 13.3 Å². The molecule has 1 aromatic rings. The topological polar surface area (TPSA) is 57.6 Å². The zero-order valence-electron chi connectivity index (χ0n) is 8.66. The molecule has 1 aliphatic rings. The first-order valence-electron chi connectivity index (χ1n) is 4.81. The number of aryl methyl sites for hydroxylation is 1. The quantitative estimate of drug-likeness (QED) is 0.759. The van der Waals surface area contributed by atoms with Gasteiger partial charge in [0, 0.05) is 0 Å². The van der Waals surface area contributed by atoms with Crippen molar-refractivity contribution in [2.75, 3.05) is 11.4 Å². The van der Waals surface area contributed by atoms with Crippen molar-refractivity contribution < 1.29 is 14.7 Å². The van der Waals surface area contributed by atoms with Crippen LogP contribution in [0.3, 0.4) is 0 Å². The van der Waals surface area contributed by atoms with E-state index in [9.17, 15) is 14.7 Å². The number of carbonyl (C=O) groups is 2. The molecule has 0 saturated carbocycles. The van der Waals surface area contributed by atoms with Gasteiger partial charge >= 0.3 is 0 Å². The van der Waals surface area contributed by atoms with E-state index < -0.39 is 0 Å². The number of benzene rings is 1. The molecule has 16 heavy (non-hydrogen) atoms. The number of carbonyl (C=O) groups excluding carboxylic acids is 2. The normalized spacial score (nSPS) is 16.0. The molecule has 1 saturated heterocycles. The van der Waals surface area contributed by atoms with Gasteiger partial charge in [-0.1, -0.05) is 17.7 Å². The molecule has 5 heteroatoms. The molecule has 2 rings (SSSR count). The molecule has 0 aromatic heterocycles. The summed E-state index contributed by atoms with van der Waals surface area (Å²) in [4.78, 5) is 23.9. The van der Waals surface area contributed by atoms with E-state index in [2.05, 4.69) is 0 Å². The van der Waals surface area contributed by atoms with Crippen LogP contribution in [0.1, 0.15) is 12.0 Å². The maximum atomic E-state index is 11.5. The summed E-state index contributed by atoms with van der Waals surface area (Å²) in [5.41, 5.74) is 1.02. The number of hydrogen-bond donors (Lipinski definition) is 1. The number of Topliss-reactive ketones (excluding diaryl/α,β-unsaturated/α-hetero) is 1. The number of nitrogens with zero attached hydrogens (tertiary/aromatic N) is 1. The van der Waals surface area contributed by atoms with E-state index in [1.165, 1.54) is 4.90 Å². The van der Waals surface area contributed by atoms with Gasteiger partial charge in [0.25, 0.3) is 0 Å². The van der Waals surface area contributed by atoms with Gasteiger partial charge in [0.1, 0.15) is 10.8 Å². The Morgan fingerprint density at radius 2 is 2.06 bits per heavy atom. The Morgan fingerprint density at radius 1 is 1.38 bits per heavy atom. The third kappa shape index (κ3) is 1.65. The van der Waals surface area contributed by atoms with Gasteiger partial charge in [0.2, 0.25) is 5.91 Å². The van der Waals surface area contributed by atoms with Crippen molar-refractivity contribution in [1.82, 2.24) is 0 Å². The van der Waals surface area contributed by atoms with Crippen LogP contribution in [0.5, 0.6) is 5.75 Å². The highest BCUT2D eigenvalue weighted by Crippen LogP contribution is 2.37. The van der Waals surface area contributed by atoms with Gasteiger partial charge in [0.15, 0.2) is 5.78 Å². The summed E-state index contributed by atoms with van der Waals surface area (Å²) < 4.78 is 0. The highest BCUT2D eigenvalue weighted by atomic mass is 35.5. The van der Waals surface area contributed by atoms with E-state index in [0.717, 1.165) is 0 Å². The summed E-state index contributed by atoms with van der Waals surface area (Å²) >= 11 is 5.94. The van der Waals surface area contributed by atoms with E-state index in [0.29, 0.717) is 11.3 Å². The molecule has 1 fully saturated rings. The number of phenols is 1. The standard InChI is InChI=1S/C11H10ClNO3/c1-6-2-3-8(10(12)11(6)16)13-5-7(14)4-9(13)15/h2-3,16H,4-5H2,1H3. The fourth-order valence-electron chi connectivity index (χ4n) is 1.66. The predicted molar refractivity (Wildman–Crippen MR) is 59.8 cm³/mol. The average Bonchev–Trinajstić information content (AvgIpc) is 2.55. The molecular weight excluding hydrogens is 230 g/mol. The second-order valence-corrected chi connectivity index (χ2v) is 4.14. The van der Waals surface area contributed by atoms with Crippen LogP contribution >= 0.6 is 11.6 Å². The zero-order chi connectivity index (χ0) is 11.9. The molecule has 0 radical (unpaired) electrons. The predicted octanol–water partition coefficient (Wildman–Crippen LogP) is 1.66. The SMILES string of the molecule is Cc1ccc(N2CC(=O)CC2=O)c(Cl)c1O. The maximum Gasteiger partial charge on any atom is 0.234 e. The lowest BCUT2D eigenvalue weighted by Gasteiger charge is -2.17. The fourth-order valence-corrected chi connectivity index (χ4v) is 1.98. The molecule has 1 amide bonds. The summed E-state index contributed by atoms with van der Waals surface area (Å²) in [5, 5.41) is 9.76. The number of halogens is 1. The van der Waals surface area contributed by atoms with Crippen molar-refractivity contribution in [3.05, 3.63) is 22.7 Å². The van der Waals surface area contributed by atoms with Crippen molar-refractivity contribution in [3.63, 3.8) is 0 Å². The molecule has 1 N–H and O–H groups in total. The molecule has 0 unspecified atom stereocenters. The minimum absolute atomic E-state index is 0.0288. The van der Waals surface area contributed by atoms with Gasteiger partial charge in [-0.25, -0.2) is 0 Å². The third-order valence-electron chi connectivity index (χ3n) is 2.57. The smallest absolute Gasteiger partial charge is 0.234 e. The Labute approximate surface area is 97.4 Å². The highest BCUT2D eigenvalue weighted by molar-refractivity contribution is 6.36. The second-order valence-electron chi connectivity index (χ2n) is 3.76. The lowest BCUT2D eigenvalue weighted by molar-refractivity contribution is -0.121. The van der Waals surface area contributed by atoms with Gasteiger partial charge in [-0.3, -0.25) is 9.59 Å². The average molecular weight is 240 g/mol. The molecule has 1 heterocycles. The van der Waals surface area contributed by atoms with Gasteiger partial charge < -0.3 is 10.0 Å².